The van der Waals surface area contributed by atoms with Crippen molar-refractivity contribution >= 4 is 28.2 Å². The summed E-state index contributed by atoms with van der Waals surface area (Å²) in [6.45, 7) is 2.11. The van der Waals surface area contributed by atoms with Crippen molar-refractivity contribution < 1.29 is 14.6 Å². The second-order valence-electron chi connectivity index (χ2n) is 4.96. The second kappa shape index (κ2) is 7.14. The molecule has 0 spiro atoms. The molecule has 3 N–H and O–H groups in total. The molecule has 0 fully saturated rings. The van der Waals surface area contributed by atoms with E-state index < -0.39 is 6.09 Å². The largest absolute Gasteiger partial charge is 0.465 e. The molecule has 0 unspecified atom stereocenters. The number of amides is 1. The summed E-state index contributed by atoms with van der Waals surface area (Å²) in [5.74, 6) is 0.582. The maximum absolute atomic E-state index is 11.2. The minimum absolute atomic E-state index is 0.210. The summed E-state index contributed by atoms with van der Waals surface area (Å²) in [6.07, 6.45) is 3.58. The first-order valence-corrected chi connectivity index (χ1v) is 8.20. The number of thiazole rings is 1. The van der Waals surface area contributed by atoms with Crippen LogP contribution in [0.4, 0.5) is 15.6 Å². The van der Waals surface area contributed by atoms with Gasteiger partial charge >= 0.3 is 12.1 Å². The number of carbonyl (C=O) groups is 1. The highest BCUT2D eigenvalue weighted by atomic mass is 32.1. The first-order valence-electron chi connectivity index (χ1n) is 7.39. The molecular formula is C16H15N5O3S. The van der Waals surface area contributed by atoms with E-state index in [1.165, 1.54) is 28.6 Å². The fourth-order valence-corrected chi connectivity index (χ4v) is 3.03. The van der Waals surface area contributed by atoms with E-state index >= 15 is 0 Å². The van der Waals surface area contributed by atoms with Gasteiger partial charge in [0, 0.05) is 12.7 Å². The van der Waals surface area contributed by atoms with Crippen LogP contribution in [0.15, 0.2) is 42.9 Å². The number of nitrogens with two attached hydrogens (primary N) is 1. The van der Waals surface area contributed by atoms with Crippen molar-refractivity contribution in [1.82, 2.24) is 15.0 Å². The van der Waals surface area contributed by atoms with Gasteiger partial charge in [-0.1, -0.05) is 11.3 Å². The third-order valence-corrected chi connectivity index (χ3v) is 4.34. The molecule has 0 saturated carbocycles. The van der Waals surface area contributed by atoms with Gasteiger partial charge in [0.05, 0.1) is 23.0 Å². The summed E-state index contributed by atoms with van der Waals surface area (Å²) < 4.78 is 5.54. The van der Waals surface area contributed by atoms with E-state index in [0.717, 1.165) is 10.4 Å². The predicted octanol–water partition coefficient (Wildman–Crippen LogP) is 3.48. The average Bonchev–Trinajstić information content (AvgIpc) is 3.07. The lowest BCUT2D eigenvalue weighted by molar-refractivity contribution is 0.202. The van der Waals surface area contributed by atoms with E-state index in [0.29, 0.717) is 23.1 Å². The Morgan fingerprint density at radius 2 is 1.88 bits per heavy atom. The monoisotopic (exact) mass is 357 g/mol. The Labute approximate surface area is 147 Å². The third-order valence-electron chi connectivity index (χ3n) is 3.27. The highest BCUT2D eigenvalue weighted by Crippen LogP contribution is 2.32. The zero-order valence-electron chi connectivity index (χ0n) is 13.3. The van der Waals surface area contributed by atoms with Crippen molar-refractivity contribution in [3.8, 4) is 22.2 Å². The van der Waals surface area contributed by atoms with Crippen molar-refractivity contribution in [1.29, 1.82) is 0 Å². The molecule has 8 nitrogen and oxygen atoms in total. The molecule has 0 saturated heterocycles. The summed E-state index contributed by atoms with van der Waals surface area (Å²) in [5, 5.41) is 9.60. The molecule has 0 radical (unpaired) electrons. The van der Waals surface area contributed by atoms with Crippen LogP contribution in [0, 0.1) is 0 Å². The van der Waals surface area contributed by atoms with Crippen LogP contribution in [0.1, 0.15) is 6.92 Å². The van der Waals surface area contributed by atoms with Gasteiger partial charge in [0.1, 0.15) is 5.75 Å². The minimum atomic E-state index is -1.02. The topological polar surface area (TPSA) is 114 Å². The molecule has 128 valence electrons. The molecule has 9 heteroatoms. The van der Waals surface area contributed by atoms with Gasteiger partial charge in [-0.05, 0) is 36.8 Å². The van der Waals surface area contributed by atoms with Gasteiger partial charge in [0.2, 0.25) is 0 Å². The summed E-state index contributed by atoms with van der Waals surface area (Å²) >= 11 is 1.31. The summed E-state index contributed by atoms with van der Waals surface area (Å²) in [6, 6.07) is 7.50. The minimum Gasteiger partial charge on any atom is -0.465 e. The van der Waals surface area contributed by atoms with Crippen LogP contribution in [-0.4, -0.2) is 32.7 Å². The lowest BCUT2D eigenvalue weighted by atomic mass is 10.2. The lowest BCUT2D eigenvalue weighted by Gasteiger charge is -2.12. The molecule has 0 bridgehead atoms. The number of ether oxygens (including phenoxy) is 1. The van der Waals surface area contributed by atoms with Crippen molar-refractivity contribution in [2.75, 3.05) is 17.2 Å². The zero-order chi connectivity index (χ0) is 17.8. The van der Waals surface area contributed by atoms with Crippen LogP contribution in [0.3, 0.4) is 0 Å². The number of carboxylic acid groups (broad SMARTS) is 1. The average molecular weight is 357 g/mol. The standard InChI is InChI=1S/C16H15N5O3S/c1-2-21(16(22)23)15-20-9-13(25-15)10-3-5-12(6-4-10)24-14-18-7-11(17)8-19-14/h3-9H,2,17H2,1H3,(H,22,23). The van der Waals surface area contributed by atoms with Crippen LogP contribution in [0.25, 0.3) is 10.4 Å². The zero-order valence-corrected chi connectivity index (χ0v) is 14.1. The van der Waals surface area contributed by atoms with E-state index in [1.54, 1.807) is 25.3 Å². The molecule has 25 heavy (non-hydrogen) atoms. The second-order valence-corrected chi connectivity index (χ2v) is 5.97. The highest BCUT2D eigenvalue weighted by molar-refractivity contribution is 7.19. The number of rotatable bonds is 5. The van der Waals surface area contributed by atoms with Gasteiger partial charge in [-0.2, -0.15) is 0 Å². The predicted molar refractivity (Wildman–Crippen MR) is 95.1 cm³/mol. The fraction of sp³-hybridized carbons (Fsp3) is 0.125. The Hall–Kier alpha value is -3.20. The number of nitrogen functional groups attached to an aromatic ring is 1. The number of benzene rings is 1. The third kappa shape index (κ3) is 3.83. The van der Waals surface area contributed by atoms with E-state index in [-0.39, 0.29) is 6.01 Å². The Morgan fingerprint density at radius 1 is 1.20 bits per heavy atom. The summed E-state index contributed by atoms with van der Waals surface area (Å²) in [4.78, 5) is 25.4. The Bertz CT molecular complexity index is 864. The first-order chi connectivity index (χ1) is 12.1. The van der Waals surface area contributed by atoms with Crippen molar-refractivity contribution in [3.05, 3.63) is 42.9 Å². The normalized spacial score (nSPS) is 10.4. The van der Waals surface area contributed by atoms with Gasteiger partial charge in [0.25, 0.3) is 0 Å². The van der Waals surface area contributed by atoms with Gasteiger partial charge < -0.3 is 15.6 Å². The van der Waals surface area contributed by atoms with Crippen molar-refractivity contribution in [3.63, 3.8) is 0 Å². The molecule has 0 atom stereocenters. The number of anilines is 2. The Morgan fingerprint density at radius 3 is 2.48 bits per heavy atom. The smallest absolute Gasteiger partial charge is 0.413 e. The SMILES string of the molecule is CCN(C(=O)O)c1ncc(-c2ccc(Oc3ncc(N)cn3)cc2)s1. The van der Waals surface area contributed by atoms with Crippen molar-refractivity contribution in [2.45, 2.75) is 6.92 Å². The molecule has 1 aromatic carbocycles. The molecule has 1 amide bonds. The molecule has 0 aliphatic carbocycles. The molecule has 0 aliphatic rings. The van der Waals surface area contributed by atoms with Crippen LogP contribution in [0.5, 0.6) is 11.8 Å². The van der Waals surface area contributed by atoms with Crippen LogP contribution in [0.2, 0.25) is 0 Å². The molecule has 3 rings (SSSR count). The first kappa shape index (κ1) is 16.7. The van der Waals surface area contributed by atoms with Crippen LogP contribution < -0.4 is 15.4 Å². The van der Waals surface area contributed by atoms with Gasteiger partial charge in [-0.3, -0.25) is 4.90 Å². The molecule has 3 aromatic rings. The van der Waals surface area contributed by atoms with E-state index in [2.05, 4.69) is 15.0 Å². The molecular weight excluding hydrogens is 342 g/mol. The Kier molecular flexibility index (Phi) is 4.75. The van der Waals surface area contributed by atoms with Crippen molar-refractivity contribution in [2.24, 2.45) is 0 Å². The Balaban J connectivity index is 1.75. The van der Waals surface area contributed by atoms with E-state index in [9.17, 15) is 4.79 Å². The fourth-order valence-electron chi connectivity index (χ4n) is 2.05. The van der Waals surface area contributed by atoms with E-state index in [4.69, 9.17) is 15.6 Å². The van der Waals surface area contributed by atoms with Gasteiger partial charge in [-0.15, -0.1) is 0 Å². The van der Waals surface area contributed by atoms with Crippen LogP contribution in [-0.2, 0) is 0 Å². The van der Waals surface area contributed by atoms with Gasteiger partial charge in [0.15, 0.2) is 5.13 Å². The number of hydrogen-bond donors (Lipinski definition) is 2. The van der Waals surface area contributed by atoms with E-state index in [1.807, 2.05) is 12.1 Å². The summed E-state index contributed by atoms with van der Waals surface area (Å²) in [5.41, 5.74) is 6.91. The maximum Gasteiger partial charge on any atom is 0.413 e. The molecule has 0 aliphatic heterocycles. The summed E-state index contributed by atoms with van der Waals surface area (Å²) in [7, 11) is 0. The van der Waals surface area contributed by atoms with Gasteiger partial charge in [-0.25, -0.2) is 19.7 Å². The van der Waals surface area contributed by atoms with Crippen LogP contribution >= 0.6 is 11.3 Å². The number of nitrogens with zero attached hydrogens (tertiary/aromatic N) is 4. The highest BCUT2D eigenvalue weighted by Gasteiger charge is 2.16. The quantitative estimate of drug-likeness (QED) is 0.718. The maximum atomic E-state index is 11.2. The molecule has 2 heterocycles. The molecule has 2 aromatic heterocycles. The number of hydrogen-bond acceptors (Lipinski definition) is 7. The lowest BCUT2D eigenvalue weighted by Crippen LogP contribution is -2.28. The number of aromatic nitrogens is 3.